The maximum absolute atomic E-state index is 12.8. The Balaban J connectivity index is 2.90. The molecule has 11 heteroatoms. The van der Waals surface area contributed by atoms with Crippen molar-refractivity contribution in [2.75, 3.05) is 54.9 Å². The highest BCUT2D eigenvalue weighted by Gasteiger charge is 2.29. The van der Waals surface area contributed by atoms with E-state index >= 15 is 0 Å². The minimum Gasteiger partial charge on any atom is -0.409 e. The van der Waals surface area contributed by atoms with Crippen molar-refractivity contribution in [2.45, 2.75) is 51.9 Å². The second-order valence-electron chi connectivity index (χ2n) is 8.10. The average Bonchev–Trinajstić information content (AvgIpc) is 2.76. The minimum atomic E-state index is -0.584. The predicted octanol–water partition coefficient (Wildman–Crippen LogP) is 2.82. The third-order valence-corrected chi connectivity index (χ3v) is 5.06. The summed E-state index contributed by atoms with van der Waals surface area (Å²) in [7, 11) is 6.27. The molecule has 0 aromatic carbocycles. The average molecular weight is 486 g/mol. The Morgan fingerprint density at radius 3 is 1.41 bits per heavy atom. The third-order valence-electron chi connectivity index (χ3n) is 5.06. The maximum Gasteiger partial charge on any atom is 0.417 e. The number of pyridine rings is 1. The standard InChI is InChI=1S/C23H39N3O8/c1-16(12-29-5)25(17(2)13-30-6)22(27)33-20-9-10-21(24-11-20)34-23(28)26(18(3)14-31-7)19(4)15-32-8/h9-11,16-19H,12-15H2,1-8H3. The molecule has 1 rings (SSSR count). The van der Waals surface area contributed by atoms with Crippen molar-refractivity contribution in [1.29, 1.82) is 0 Å². The van der Waals surface area contributed by atoms with E-state index in [1.807, 2.05) is 27.7 Å². The van der Waals surface area contributed by atoms with E-state index in [4.69, 9.17) is 28.4 Å². The zero-order chi connectivity index (χ0) is 25.7. The van der Waals surface area contributed by atoms with Crippen LogP contribution >= 0.6 is 0 Å². The van der Waals surface area contributed by atoms with Crippen molar-refractivity contribution < 1.29 is 38.0 Å². The topological polar surface area (TPSA) is 109 Å². The Labute approximate surface area is 202 Å². The molecule has 1 aromatic rings. The lowest BCUT2D eigenvalue weighted by molar-refractivity contribution is 0.0432. The van der Waals surface area contributed by atoms with Crippen LogP contribution in [0.1, 0.15) is 27.7 Å². The van der Waals surface area contributed by atoms with Crippen molar-refractivity contribution >= 4 is 12.2 Å². The Morgan fingerprint density at radius 1 is 0.706 bits per heavy atom. The van der Waals surface area contributed by atoms with Gasteiger partial charge in [-0.1, -0.05) is 0 Å². The van der Waals surface area contributed by atoms with Crippen molar-refractivity contribution in [3.8, 4) is 11.6 Å². The van der Waals surface area contributed by atoms with Crippen LogP contribution in [0.4, 0.5) is 9.59 Å². The summed E-state index contributed by atoms with van der Waals surface area (Å²) in [5, 5.41) is 0. The summed E-state index contributed by atoms with van der Waals surface area (Å²) in [4.78, 5) is 32.8. The summed E-state index contributed by atoms with van der Waals surface area (Å²) in [5.74, 6) is 0.280. The van der Waals surface area contributed by atoms with Crippen LogP contribution in [0.25, 0.3) is 0 Å². The lowest BCUT2D eigenvalue weighted by Crippen LogP contribution is -2.49. The summed E-state index contributed by atoms with van der Waals surface area (Å²) in [6.07, 6.45) is 0.176. The van der Waals surface area contributed by atoms with Gasteiger partial charge in [-0.3, -0.25) is 9.80 Å². The van der Waals surface area contributed by atoms with E-state index in [1.54, 1.807) is 33.3 Å². The van der Waals surface area contributed by atoms with Crippen molar-refractivity contribution in [1.82, 2.24) is 14.8 Å². The molecule has 0 aliphatic carbocycles. The van der Waals surface area contributed by atoms with Gasteiger partial charge in [0.1, 0.15) is 0 Å². The molecule has 194 valence electrons. The molecule has 1 aromatic heterocycles. The number of carbonyl (C=O) groups is 2. The highest BCUT2D eigenvalue weighted by Crippen LogP contribution is 2.19. The second-order valence-corrected chi connectivity index (χ2v) is 8.10. The van der Waals surface area contributed by atoms with Gasteiger partial charge in [0.2, 0.25) is 5.88 Å². The van der Waals surface area contributed by atoms with Crippen LogP contribution in [0.2, 0.25) is 0 Å². The largest absolute Gasteiger partial charge is 0.417 e. The fourth-order valence-electron chi connectivity index (χ4n) is 3.66. The predicted molar refractivity (Wildman–Crippen MR) is 125 cm³/mol. The number of amides is 2. The number of carbonyl (C=O) groups excluding carboxylic acids is 2. The van der Waals surface area contributed by atoms with Gasteiger partial charge >= 0.3 is 12.2 Å². The molecule has 34 heavy (non-hydrogen) atoms. The first-order valence-electron chi connectivity index (χ1n) is 11.1. The SMILES string of the molecule is COCC(C)N(C(=O)Oc1ccc(OC(=O)N(C(C)COC)C(C)COC)nc1)C(C)COC. The molecular formula is C23H39N3O8. The molecule has 0 fully saturated rings. The molecule has 0 saturated carbocycles. The number of methoxy groups -OCH3 is 4. The van der Waals surface area contributed by atoms with Gasteiger partial charge in [0, 0.05) is 34.5 Å². The summed E-state index contributed by atoms with van der Waals surface area (Å²) >= 11 is 0. The van der Waals surface area contributed by atoms with Crippen LogP contribution in [-0.4, -0.2) is 106 Å². The van der Waals surface area contributed by atoms with E-state index in [-0.39, 0.29) is 35.8 Å². The molecule has 0 spiro atoms. The Hall–Kier alpha value is -2.47. The Morgan fingerprint density at radius 2 is 1.09 bits per heavy atom. The summed E-state index contributed by atoms with van der Waals surface area (Å²) < 4.78 is 31.6. The van der Waals surface area contributed by atoms with Gasteiger partial charge in [-0.25, -0.2) is 14.6 Å². The molecule has 2 amide bonds. The Kier molecular flexibility index (Phi) is 13.4. The van der Waals surface area contributed by atoms with E-state index in [0.717, 1.165) is 0 Å². The first-order chi connectivity index (χ1) is 16.2. The first-order valence-corrected chi connectivity index (χ1v) is 11.1. The van der Waals surface area contributed by atoms with Gasteiger partial charge in [-0.15, -0.1) is 0 Å². The molecule has 0 bridgehead atoms. The van der Waals surface area contributed by atoms with E-state index < -0.39 is 12.2 Å². The normalized spacial score (nSPS) is 14.6. The smallest absolute Gasteiger partial charge is 0.409 e. The number of ether oxygens (including phenoxy) is 6. The van der Waals surface area contributed by atoms with Gasteiger partial charge in [0.05, 0.1) is 56.8 Å². The Bertz CT molecular complexity index is 648. The molecule has 0 aliphatic rings. The van der Waals surface area contributed by atoms with Crippen LogP contribution in [0.5, 0.6) is 11.6 Å². The van der Waals surface area contributed by atoms with Gasteiger partial charge in [-0.05, 0) is 33.8 Å². The summed E-state index contributed by atoms with van der Waals surface area (Å²) in [6, 6.07) is 2.03. The van der Waals surface area contributed by atoms with Crippen LogP contribution in [0.3, 0.4) is 0 Å². The van der Waals surface area contributed by atoms with Gasteiger partial charge in [0.15, 0.2) is 5.75 Å². The van der Waals surface area contributed by atoms with E-state index in [2.05, 4.69) is 4.98 Å². The van der Waals surface area contributed by atoms with Crippen LogP contribution in [-0.2, 0) is 18.9 Å². The summed E-state index contributed by atoms with van der Waals surface area (Å²) in [5.41, 5.74) is 0. The highest BCUT2D eigenvalue weighted by molar-refractivity contribution is 5.72. The molecule has 0 aliphatic heterocycles. The van der Waals surface area contributed by atoms with E-state index in [0.29, 0.717) is 26.4 Å². The lowest BCUT2D eigenvalue weighted by atomic mass is 10.2. The number of hydrogen-bond acceptors (Lipinski definition) is 9. The highest BCUT2D eigenvalue weighted by atomic mass is 16.6. The number of nitrogens with zero attached hydrogens (tertiary/aromatic N) is 3. The van der Waals surface area contributed by atoms with Gasteiger partial charge < -0.3 is 28.4 Å². The number of aromatic nitrogens is 1. The monoisotopic (exact) mass is 485 g/mol. The van der Waals surface area contributed by atoms with E-state index in [9.17, 15) is 9.59 Å². The first kappa shape index (κ1) is 29.6. The van der Waals surface area contributed by atoms with Gasteiger partial charge in [-0.2, -0.15) is 0 Å². The number of hydrogen-bond donors (Lipinski definition) is 0. The molecule has 0 radical (unpaired) electrons. The number of rotatable bonds is 14. The van der Waals surface area contributed by atoms with Crippen molar-refractivity contribution in [3.63, 3.8) is 0 Å². The zero-order valence-corrected chi connectivity index (χ0v) is 21.5. The third kappa shape index (κ3) is 9.05. The molecule has 4 atom stereocenters. The van der Waals surface area contributed by atoms with Gasteiger partial charge in [0.25, 0.3) is 0 Å². The quantitative estimate of drug-likeness (QED) is 0.393. The van der Waals surface area contributed by atoms with Crippen molar-refractivity contribution in [3.05, 3.63) is 18.3 Å². The molecular weight excluding hydrogens is 446 g/mol. The van der Waals surface area contributed by atoms with Crippen LogP contribution < -0.4 is 9.47 Å². The summed E-state index contributed by atoms with van der Waals surface area (Å²) in [6.45, 7) is 8.79. The molecule has 11 nitrogen and oxygen atoms in total. The second kappa shape index (κ2) is 15.4. The molecule has 0 saturated heterocycles. The zero-order valence-electron chi connectivity index (χ0n) is 21.5. The minimum absolute atomic E-state index is 0.0707. The lowest BCUT2D eigenvalue weighted by Gasteiger charge is -2.33. The fourth-order valence-corrected chi connectivity index (χ4v) is 3.66. The molecule has 0 N–H and O–H groups in total. The van der Waals surface area contributed by atoms with Crippen LogP contribution in [0.15, 0.2) is 18.3 Å². The maximum atomic E-state index is 12.8. The fraction of sp³-hybridized carbons (Fsp3) is 0.696. The van der Waals surface area contributed by atoms with E-state index in [1.165, 1.54) is 23.2 Å². The molecule has 1 heterocycles. The molecule has 4 unspecified atom stereocenters. The van der Waals surface area contributed by atoms with Crippen molar-refractivity contribution in [2.24, 2.45) is 0 Å². The van der Waals surface area contributed by atoms with Crippen LogP contribution in [0, 0.1) is 0 Å².